The molecule has 2 aromatic heterocycles. The van der Waals surface area contributed by atoms with Gasteiger partial charge in [-0.15, -0.1) is 0 Å². The number of nitrogens with one attached hydrogen (secondary N) is 1. The maximum absolute atomic E-state index is 12.1. The molecule has 2 fully saturated rings. The monoisotopic (exact) mass is 469 g/mol. The Hall–Kier alpha value is -2.84. The standard InChI is InChI=1S/C24H28ClN5O3/c1-15(2)30-14-18(7-8-21(30)31)33-24-26-20-13-19(25)22(27-23(20)28-24)16-3-5-17(6-4-16)29-9-11-32-12-10-29/h3-6,13,15,18H,7-12,14H2,1-2H3,(H,26,27,28). The molecule has 2 aliphatic heterocycles. The van der Waals surface area contributed by atoms with Gasteiger partial charge in [0.05, 0.1) is 36.0 Å². The molecule has 3 aromatic rings. The Labute approximate surface area is 197 Å². The molecule has 174 valence electrons. The van der Waals surface area contributed by atoms with Crippen molar-refractivity contribution in [3.63, 3.8) is 0 Å². The summed E-state index contributed by atoms with van der Waals surface area (Å²) in [6, 6.07) is 10.6. The largest absolute Gasteiger partial charge is 0.460 e. The average Bonchev–Trinajstić information content (AvgIpc) is 3.21. The Morgan fingerprint density at radius 3 is 2.67 bits per heavy atom. The Morgan fingerprint density at radius 1 is 1.18 bits per heavy atom. The van der Waals surface area contributed by atoms with Crippen LogP contribution in [-0.4, -0.2) is 70.8 Å². The summed E-state index contributed by atoms with van der Waals surface area (Å²) in [7, 11) is 0. The van der Waals surface area contributed by atoms with Crippen LogP contribution in [0.5, 0.6) is 6.01 Å². The highest BCUT2D eigenvalue weighted by Gasteiger charge is 2.29. The number of morpholine rings is 1. The molecule has 1 aromatic carbocycles. The number of pyridine rings is 1. The summed E-state index contributed by atoms with van der Waals surface area (Å²) in [5.74, 6) is 0.173. The molecule has 2 saturated heterocycles. The molecule has 2 aliphatic rings. The molecule has 0 aliphatic carbocycles. The highest BCUT2D eigenvalue weighted by molar-refractivity contribution is 6.33. The number of rotatable bonds is 5. The Balaban J connectivity index is 1.34. The van der Waals surface area contributed by atoms with E-state index in [-0.39, 0.29) is 18.1 Å². The van der Waals surface area contributed by atoms with Crippen molar-refractivity contribution >= 4 is 34.4 Å². The Kier molecular flexibility index (Phi) is 6.12. The van der Waals surface area contributed by atoms with Gasteiger partial charge in [-0.1, -0.05) is 23.7 Å². The summed E-state index contributed by atoms with van der Waals surface area (Å²) in [6.45, 7) is 7.88. The summed E-state index contributed by atoms with van der Waals surface area (Å²) >= 11 is 6.58. The number of imidazole rings is 1. The highest BCUT2D eigenvalue weighted by Crippen LogP contribution is 2.31. The van der Waals surface area contributed by atoms with Gasteiger partial charge in [-0.3, -0.25) is 4.79 Å². The highest BCUT2D eigenvalue weighted by atomic mass is 35.5. The maximum Gasteiger partial charge on any atom is 0.296 e. The molecule has 0 radical (unpaired) electrons. The van der Waals surface area contributed by atoms with Gasteiger partial charge in [0.25, 0.3) is 6.01 Å². The number of halogens is 1. The van der Waals surface area contributed by atoms with Crippen LogP contribution in [0.3, 0.4) is 0 Å². The van der Waals surface area contributed by atoms with Gasteiger partial charge in [0.15, 0.2) is 5.65 Å². The third-order valence-corrected chi connectivity index (χ3v) is 6.51. The zero-order valence-electron chi connectivity index (χ0n) is 18.9. The molecule has 0 bridgehead atoms. The average molecular weight is 470 g/mol. The lowest BCUT2D eigenvalue weighted by atomic mass is 10.1. The van der Waals surface area contributed by atoms with Crippen LogP contribution in [0.1, 0.15) is 26.7 Å². The van der Waals surface area contributed by atoms with E-state index in [1.807, 2.05) is 36.9 Å². The quantitative estimate of drug-likeness (QED) is 0.610. The molecule has 4 heterocycles. The van der Waals surface area contributed by atoms with Crippen LogP contribution in [0.15, 0.2) is 30.3 Å². The molecule has 33 heavy (non-hydrogen) atoms. The van der Waals surface area contributed by atoms with Gasteiger partial charge < -0.3 is 24.3 Å². The predicted octanol–water partition coefficient (Wildman–Crippen LogP) is 3.89. The molecule has 9 heteroatoms. The van der Waals surface area contributed by atoms with Gasteiger partial charge in [-0.2, -0.15) is 4.98 Å². The third-order valence-electron chi connectivity index (χ3n) is 6.22. The summed E-state index contributed by atoms with van der Waals surface area (Å²) in [5.41, 5.74) is 4.05. The molecule has 1 atom stereocenters. The number of aromatic nitrogens is 3. The number of fused-ring (bicyclic) bond motifs is 1. The fourth-order valence-electron chi connectivity index (χ4n) is 4.40. The molecule has 5 rings (SSSR count). The number of likely N-dealkylation sites (tertiary alicyclic amines) is 1. The first-order chi connectivity index (χ1) is 16.0. The molecule has 1 N–H and O–H groups in total. The summed E-state index contributed by atoms with van der Waals surface area (Å²) in [5, 5.41) is 0.547. The predicted molar refractivity (Wildman–Crippen MR) is 128 cm³/mol. The van der Waals surface area contributed by atoms with Gasteiger partial charge in [-0.05, 0) is 38.5 Å². The van der Waals surface area contributed by atoms with E-state index in [0.29, 0.717) is 41.8 Å². The van der Waals surface area contributed by atoms with E-state index < -0.39 is 0 Å². The number of amides is 1. The van der Waals surface area contributed by atoms with Crippen LogP contribution in [0.2, 0.25) is 5.02 Å². The van der Waals surface area contributed by atoms with Crippen molar-refractivity contribution in [1.29, 1.82) is 0 Å². The lowest BCUT2D eigenvalue weighted by Gasteiger charge is -2.34. The number of hydrogen-bond acceptors (Lipinski definition) is 6. The first-order valence-electron chi connectivity index (χ1n) is 11.4. The number of aromatic amines is 1. The van der Waals surface area contributed by atoms with Gasteiger partial charge in [0.2, 0.25) is 5.91 Å². The number of benzene rings is 1. The van der Waals surface area contributed by atoms with E-state index in [1.165, 1.54) is 0 Å². The van der Waals surface area contributed by atoms with Crippen LogP contribution >= 0.6 is 11.6 Å². The number of carbonyl (C=O) groups is 1. The number of carbonyl (C=O) groups excluding carboxylic acids is 1. The van der Waals surface area contributed by atoms with Crippen LogP contribution in [0, 0.1) is 0 Å². The normalized spacial score (nSPS) is 19.5. The zero-order chi connectivity index (χ0) is 22.9. The number of anilines is 1. The smallest absolute Gasteiger partial charge is 0.296 e. The van der Waals surface area contributed by atoms with Crippen molar-refractivity contribution in [1.82, 2.24) is 19.9 Å². The number of ether oxygens (including phenoxy) is 2. The summed E-state index contributed by atoms with van der Waals surface area (Å²) < 4.78 is 11.5. The van der Waals surface area contributed by atoms with Gasteiger partial charge >= 0.3 is 0 Å². The van der Waals surface area contributed by atoms with Crippen molar-refractivity contribution in [2.45, 2.75) is 38.8 Å². The second-order valence-corrected chi connectivity index (χ2v) is 9.20. The van der Waals surface area contributed by atoms with E-state index in [9.17, 15) is 4.79 Å². The fourth-order valence-corrected chi connectivity index (χ4v) is 4.66. The second-order valence-electron chi connectivity index (χ2n) is 8.80. The molecular weight excluding hydrogens is 442 g/mol. The maximum atomic E-state index is 12.1. The van der Waals surface area contributed by atoms with Gasteiger partial charge in [0, 0.05) is 36.8 Å². The lowest BCUT2D eigenvalue weighted by Crippen LogP contribution is -2.48. The number of H-pyrrole nitrogens is 1. The van der Waals surface area contributed by atoms with E-state index in [0.717, 1.165) is 43.1 Å². The van der Waals surface area contributed by atoms with Crippen LogP contribution in [0.25, 0.3) is 22.4 Å². The Bertz CT molecular complexity index is 1140. The molecular formula is C24H28ClN5O3. The van der Waals surface area contributed by atoms with E-state index in [1.54, 1.807) is 0 Å². The van der Waals surface area contributed by atoms with Gasteiger partial charge in [-0.25, -0.2) is 4.98 Å². The topological polar surface area (TPSA) is 83.6 Å². The van der Waals surface area contributed by atoms with Crippen LogP contribution in [-0.2, 0) is 9.53 Å². The van der Waals surface area contributed by atoms with Crippen molar-refractivity contribution in [2.24, 2.45) is 0 Å². The van der Waals surface area contributed by atoms with Crippen molar-refractivity contribution < 1.29 is 14.3 Å². The molecule has 0 saturated carbocycles. The van der Waals surface area contributed by atoms with E-state index in [2.05, 4.69) is 27.0 Å². The summed E-state index contributed by atoms with van der Waals surface area (Å²) in [6.07, 6.45) is 1.06. The molecule has 8 nitrogen and oxygen atoms in total. The second kappa shape index (κ2) is 9.19. The minimum atomic E-state index is -0.103. The third kappa shape index (κ3) is 4.63. The van der Waals surface area contributed by atoms with Gasteiger partial charge in [0.1, 0.15) is 6.10 Å². The number of hydrogen-bond donors (Lipinski definition) is 1. The molecule has 1 unspecified atom stereocenters. The molecule has 0 spiro atoms. The zero-order valence-corrected chi connectivity index (χ0v) is 19.6. The SMILES string of the molecule is CC(C)N1CC(Oc2nc3nc(-c4ccc(N5CCOCC5)cc4)c(Cl)cc3[nH]2)CCC1=O. The minimum Gasteiger partial charge on any atom is -0.460 e. The summed E-state index contributed by atoms with van der Waals surface area (Å²) in [4.78, 5) is 28.7. The number of nitrogens with zero attached hydrogens (tertiary/aromatic N) is 4. The Morgan fingerprint density at radius 2 is 1.94 bits per heavy atom. The first kappa shape index (κ1) is 22.0. The van der Waals surface area contributed by atoms with Crippen molar-refractivity contribution in [3.8, 4) is 17.3 Å². The minimum absolute atomic E-state index is 0.103. The van der Waals surface area contributed by atoms with Crippen LogP contribution < -0.4 is 9.64 Å². The fraction of sp³-hybridized carbons (Fsp3) is 0.458. The first-order valence-corrected chi connectivity index (χ1v) is 11.8. The van der Waals surface area contributed by atoms with Crippen molar-refractivity contribution in [3.05, 3.63) is 35.4 Å². The number of piperidine rings is 1. The van der Waals surface area contributed by atoms with Crippen molar-refractivity contribution in [2.75, 3.05) is 37.7 Å². The lowest BCUT2D eigenvalue weighted by molar-refractivity contribution is -0.138. The molecule has 1 amide bonds. The van der Waals surface area contributed by atoms with E-state index >= 15 is 0 Å². The van der Waals surface area contributed by atoms with Crippen LogP contribution in [0.4, 0.5) is 5.69 Å². The van der Waals surface area contributed by atoms with E-state index in [4.69, 9.17) is 26.1 Å².